The van der Waals surface area contributed by atoms with Gasteiger partial charge in [0.15, 0.2) is 19.4 Å². The molecule has 0 saturated heterocycles. The molecule has 5 unspecified atom stereocenters. The number of benzene rings is 3. The van der Waals surface area contributed by atoms with E-state index >= 15 is 0 Å². The molecule has 11 rings (SSSR count). The highest BCUT2D eigenvalue weighted by atomic mass is 16.7. The van der Waals surface area contributed by atoms with E-state index in [9.17, 15) is 0 Å². The molecule has 8 aliphatic rings. The first-order chi connectivity index (χ1) is 31.7. The molecule has 8 fully saturated rings. The highest BCUT2D eigenvalue weighted by Gasteiger charge is 2.53. The molecule has 6 heteroatoms. The van der Waals surface area contributed by atoms with Gasteiger partial charge in [-0.25, -0.2) is 0 Å². The van der Waals surface area contributed by atoms with Crippen molar-refractivity contribution in [3.8, 4) is 17.2 Å². The van der Waals surface area contributed by atoms with Crippen LogP contribution in [0.3, 0.4) is 0 Å². The minimum atomic E-state index is -0.193. The van der Waals surface area contributed by atoms with Crippen molar-refractivity contribution >= 4 is 0 Å². The summed E-state index contributed by atoms with van der Waals surface area (Å²) in [5, 5.41) is 0. The van der Waals surface area contributed by atoms with E-state index in [4.69, 9.17) is 28.4 Å². The smallest absolute Gasteiger partial charge is 0.197 e. The third kappa shape index (κ3) is 14.0. The Kier molecular flexibility index (Phi) is 18.1. The second-order valence-corrected chi connectivity index (χ2v) is 23.0. The van der Waals surface area contributed by atoms with Crippen molar-refractivity contribution in [2.24, 2.45) is 46.8 Å². The van der Waals surface area contributed by atoms with Gasteiger partial charge in [0.2, 0.25) is 0 Å². The van der Waals surface area contributed by atoms with Gasteiger partial charge in [0.25, 0.3) is 0 Å². The summed E-state index contributed by atoms with van der Waals surface area (Å²) in [6.07, 6.45) is 20.0. The fourth-order valence-corrected chi connectivity index (χ4v) is 13.5. The van der Waals surface area contributed by atoms with E-state index in [-0.39, 0.29) is 18.2 Å². The summed E-state index contributed by atoms with van der Waals surface area (Å²) in [7, 11) is 0. The molecule has 0 spiro atoms. The van der Waals surface area contributed by atoms with Gasteiger partial charge in [0.05, 0.1) is 18.8 Å². The predicted octanol–water partition coefficient (Wildman–Crippen LogP) is 16.3. The van der Waals surface area contributed by atoms with Crippen LogP contribution >= 0.6 is 0 Å². The van der Waals surface area contributed by atoms with Crippen molar-refractivity contribution in [2.75, 3.05) is 20.0 Å². The Balaban J connectivity index is 0.000000149. The van der Waals surface area contributed by atoms with E-state index in [1.165, 1.54) is 107 Å². The summed E-state index contributed by atoms with van der Waals surface area (Å²) in [4.78, 5) is 0. The highest BCUT2D eigenvalue weighted by molar-refractivity contribution is 5.31. The lowest BCUT2D eigenvalue weighted by molar-refractivity contribution is -0.225. The van der Waals surface area contributed by atoms with Gasteiger partial charge in [-0.1, -0.05) is 91.8 Å². The fraction of sp³-hybridized carbons (Fsp3) is 0.700. The molecule has 8 saturated carbocycles. The molecular weight excluding hydrogens is 817 g/mol. The molecule has 0 N–H and O–H groups in total. The Morgan fingerprint density at radius 3 is 1.21 bits per heavy atom. The van der Waals surface area contributed by atoms with Crippen molar-refractivity contribution < 1.29 is 28.4 Å². The van der Waals surface area contributed by atoms with E-state index in [1.807, 2.05) is 19.1 Å². The molecule has 3 aromatic rings. The Hall–Kier alpha value is -3.06. The second-order valence-electron chi connectivity index (χ2n) is 23.0. The summed E-state index contributed by atoms with van der Waals surface area (Å²) < 4.78 is 35.7. The van der Waals surface area contributed by atoms with Gasteiger partial charge in [-0.15, -0.1) is 0 Å². The van der Waals surface area contributed by atoms with Crippen LogP contribution in [0.2, 0.25) is 0 Å². The van der Waals surface area contributed by atoms with E-state index < -0.39 is 0 Å². The largest absolute Gasteiger partial charge is 0.468 e. The van der Waals surface area contributed by atoms with Crippen LogP contribution in [0.25, 0.3) is 0 Å². The molecule has 0 aromatic heterocycles. The van der Waals surface area contributed by atoms with Crippen LogP contribution in [0.5, 0.6) is 17.2 Å². The van der Waals surface area contributed by atoms with E-state index in [0.29, 0.717) is 35.9 Å². The third-order valence-electron chi connectivity index (χ3n) is 16.7. The van der Waals surface area contributed by atoms with Gasteiger partial charge in [0, 0.05) is 0 Å². The van der Waals surface area contributed by atoms with Gasteiger partial charge in [-0.3, -0.25) is 0 Å². The molecule has 366 valence electrons. The number of hydrogen-bond donors (Lipinski definition) is 0. The van der Waals surface area contributed by atoms with Crippen molar-refractivity contribution in [1.29, 1.82) is 0 Å². The second kappa shape index (κ2) is 23.5. The van der Waals surface area contributed by atoms with Crippen molar-refractivity contribution in [2.45, 2.75) is 201 Å². The van der Waals surface area contributed by atoms with Gasteiger partial charge in [-0.05, 0) is 228 Å². The van der Waals surface area contributed by atoms with Crippen LogP contribution in [0.15, 0.2) is 72.8 Å². The number of hydrogen-bond acceptors (Lipinski definition) is 6. The topological polar surface area (TPSA) is 55.4 Å². The predicted molar refractivity (Wildman–Crippen MR) is 270 cm³/mol. The summed E-state index contributed by atoms with van der Waals surface area (Å²) in [5.74, 6) is 10.8. The molecule has 6 nitrogen and oxygen atoms in total. The summed E-state index contributed by atoms with van der Waals surface area (Å²) >= 11 is 0. The molecule has 3 aromatic carbocycles. The van der Waals surface area contributed by atoms with Crippen LogP contribution < -0.4 is 14.2 Å². The standard InChI is InChI=1S/2C22H32O2.C16H26O2/c1-4-15(2)20-5-7-21(8-6-20)23-16(3)24-22-12-17-9-18(13-22)11-19(10-17)14-22;1-3-16(2)20-4-6-21(7-5-20)24-15-23-14-22-11-17-8-18(12-22)10-19(9-17)13-22;1-6-13(4)15-7-9-16(10-8-15)18-14(5)17-11-12(2)3/h5-8,15-19H,4,9-14H2,1-3H3;4-7,16-19H,3,8-15H2,1-2H3;7-10,12-14H,6,11H2,1-5H3. The maximum absolute atomic E-state index is 6.53. The SMILES string of the molecule is CCC(C)c1ccc(OC(C)OC23CC4CC(CC(C4)C2)C3)cc1.CCC(C)c1ccc(OC(C)OCC(C)C)cc1.CCC(C)c1ccc(OCOCC23CC4CC(CC(C4)C2)C3)cc1. The molecule has 8 aliphatic carbocycles. The molecule has 0 radical (unpaired) electrons. The Labute approximate surface area is 402 Å². The van der Waals surface area contributed by atoms with E-state index in [2.05, 4.69) is 123 Å². The highest BCUT2D eigenvalue weighted by Crippen LogP contribution is 2.60. The fourth-order valence-electron chi connectivity index (χ4n) is 13.5. The van der Waals surface area contributed by atoms with Crippen LogP contribution in [0.1, 0.15) is 200 Å². The van der Waals surface area contributed by atoms with E-state index in [1.54, 1.807) is 0 Å². The maximum atomic E-state index is 6.53. The maximum Gasteiger partial charge on any atom is 0.197 e. The number of rotatable bonds is 20. The Morgan fingerprint density at radius 2 is 0.833 bits per heavy atom. The first kappa shape index (κ1) is 50.8. The average molecular weight is 907 g/mol. The minimum Gasteiger partial charge on any atom is -0.468 e. The van der Waals surface area contributed by atoms with Gasteiger partial charge >= 0.3 is 0 Å². The lowest BCUT2D eigenvalue weighted by atomic mass is 9.50. The van der Waals surface area contributed by atoms with Crippen LogP contribution in [0, 0.1) is 46.8 Å². The first-order valence-corrected chi connectivity index (χ1v) is 26.9. The Morgan fingerprint density at radius 1 is 0.470 bits per heavy atom. The van der Waals surface area contributed by atoms with Crippen LogP contribution in [0.4, 0.5) is 0 Å². The van der Waals surface area contributed by atoms with Crippen molar-refractivity contribution in [1.82, 2.24) is 0 Å². The van der Waals surface area contributed by atoms with Crippen molar-refractivity contribution in [3.63, 3.8) is 0 Å². The zero-order chi connectivity index (χ0) is 46.8. The third-order valence-corrected chi connectivity index (χ3v) is 16.7. The molecule has 8 bridgehead atoms. The molecule has 5 atom stereocenters. The molecule has 0 aliphatic heterocycles. The first-order valence-electron chi connectivity index (χ1n) is 26.9. The van der Waals surface area contributed by atoms with Gasteiger partial charge in [-0.2, -0.15) is 0 Å². The zero-order valence-electron chi connectivity index (χ0n) is 43.0. The van der Waals surface area contributed by atoms with Crippen LogP contribution in [-0.4, -0.2) is 38.2 Å². The van der Waals surface area contributed by atoms with Crippen molar-refractivity contribution in [3.05, 3.63) is 89.5 Å². The summed E-state index contributed by atoms with van der Waals surface area (Å²) in [6, 6.07) is 25.4. The Bertz CT molecular complexity index is 1800. The molecule has 0 amide bonds. The summed E-state index contributed by atoms with van der Waals surface area (Å²) in [6.45, 7) is 23.7. The monoisotopic (exact) mass is 907 g/mol. The quantitative estimate of drug-likeness (QED) is 0.0832. The lowest BCUT2D eigenvalue weighted by Crippen LogP contribution is -2.53. The van der Waals surface area contributed by atoms with Gasteiger partial charge in [0.1, 0.15) is 17.2 Å². The zero-order valence-corrected chi connectivity index (χ0v) is 43.0. The molecule has 66 heavy (non-hydrogen) atoms. The molecule has 0 heterocycles. The average Bonchev–Trinajstić information content (AvgIpc) is 3.29. The summed E-state index contributed by atoms with van der Waals surface area (Å²) in [5.41, 5.74) is 4.74. The van der Waals surface area contributed by atoms with Crippen LogP contribution in [-0.2, 0) is 14.2 Å². The number of ether oxygens (including phenoxy) is 6. The normalized spacial score (nSPS) is 30.0. The van der Waals surface area contributed by atoms with Gasteiger partial charge < -0.3 is 28.4 Å². The van der Waals surface area contributed by atoms with E-state index in [0.717, 1.165) is 72.4 Å². The molecular formula is C60H90O6. The minimum absolute atomic E-state index is 0.116. The lowest BCUT2D eigenvalue weighted by Gasteiger charge is -2.56.